The van der Waals surface area contributed by atoms with Gasteiger partial charge in [-0.15, -0.1) is 0 Å². The number of anilines is 1. The lowest BCUT2D eigenvalue weighted by Crippen LogP contribution is -2.59. The molecule has 7 heteroatoms. The van der Waals surface area contributed by atoms with Crippen LogP contribution in [0.2, 0.25) is 0 Å². The molecule has 1 aliphatic heterocycles. The average Bonchev–Trinajstić information content (AvgIpc) is 3.08. The molecule has 3 rings (SSSR count). The molecule has 0 bridgehead atoms. The van der Waals surface area contributed by atoms with Crippen LogP contribution in [0.25, 0.3) is 11.0 Å². The van der Waals surface area contributed by atoms with Crippen LogP contribution in [0.3, 0.4) is 0 Å². The third-order valence-corrected chi connectivity index (χ3v) is 4.94. The van der Waals surface area contributed by atoms with Gasteiger partial charge in [0.25, 0.3) is 0 Å². The van der Waals surface area contributed by atoms with Crippen LogP contribution in [0, 0.1) is 11.3 Å². The van der Waals surface area contributed by atoms with E-state index in [9.17, 15) is 4.79 Å². The summed E-state index contributed by atoms with van der Waals surface area (Å²) < 4.78 is 0. The van der Waals surface area contributed by atoms with Crippen LogP contribution < -0.4 is 4.90 Å². The van der Waals surface area contributed by atoms with Crippen molar-refractivity contribution in [2.24, 2.45) is 0 Å². The average molecular weight is 340 g/mol. The molecule has 0 radical (unpaired) electrons. The zero-order chi connectivity index (χ0) is 17.9. The number of H-pyrrole nitrogens is 1. The number of nitrogens with one attached hydrogen (secondary N) is 1. The Kier molecular flexibility index (Phi) is 4.88. The normalized spacial score (nSPS) is 20.4. The first-order valence-electron chi connectivity index (χ1n) is 8.79. The van der Waals surface area contributed by atoms with Gasteiger partial charge in [0.2, 0.25) is 5.91 Å². The summed E-state index contributed by atoms with van der Waals surface area (Å²) in [6.07, 6.45) is 6.17. The molecule has 1 atom stereocenters. The second kappa shape index (κ2) is 7.09. The van der Waals surface area contributed by atoms with Crippen molar-refractivity contribution < 1.29 is 4.79 Å². The topological polar surface area (TPSA) is 88.9 Å². The number of aromatic amines is 1. The second-order valence-electron chi connectivity index (χ2n) is 6.84. The summed E-state index contributed by atoms with van der Waals surface area (Å²) in [5.41, 5.74) is 0.527. The highest BCUT2D eigenvalue weighted by atomic mass is 16.2. The van der Waals surface area contributed by atoms with Gasteiger partial charge in [0.1, 0.15) is 24.2 Å². The number of nitriles is 1. The predicted octanol–water partition coefficient (Wildman–Crippen LogP) is 2.47. The van der Waals surface area contributed by atoms with Gasteiger partial charge in [-0.3, -0.25) is 4.79 Å². The fourth-order valence-electron chi connectivity index (χ4n) is 3.81. The predicted molar refractivity (Wildman–Crippen MR) is 96.0 cm³/mol. The van der Waals surface area contributed by atoms with Crippen molar-refractivity contribution in [1.82, 2.24) is 19.9 Å². The Hall–Kier alpha value is -2.62. The molecule has 132 valence electrons. The number of piperidine rings is 1. The van der Waals surface area contributed by atoms with Gasteiger partial charge in [0.15, 0.2) is 0 Å². The highest BCUT2D eigenvalue weighted by Gasteiger charge is 2.39. The molecule has 1 aliphatic rings. The molecule has 1 N–H and O–H groups in total. The molecule has 1 fully saturated rings. The molecule has 0 spiro atoms. The van der Waals surface area contributed by atoms with E-state index in [4.69, 9.17) is 5.26 Å². The molecule has 2 aromatic rings. The summed E-state index contributed by atoms with van der Waals surface area (Å²) in [5.74, 6) is 0.824. The molecule has 1 saturated heterocycles. The first kappa shape index (κ1) is 17.2. The fourth-order valence-corrected chi connectivity index (χ4v) is 3.81. The Balaban J connectivity index is 1.89. The maximum atomic E-state index is 12.5. The molecule has 25 heavy (non-hydrogen) atoms. The number of fused-ring (bicyclic) bond motifs is 1. The zero-order valence-corrected chi connectivity index (χ0v) is 14.8. The van der Waals surface area contributed by atoms with Crippen LogP contribution in [-0.2, 0) is 4.79 Å². The first-order chi connectivity index (χ1) is 12.1. The Morgan fingerprint density at radius 1 is 1.52 bits per heavy atom. The van der Waals surface area contributed by atoms with E-state index in [1.807, 2.05) is 23.2 Å². The molecule has 0 aliphatic carbocycles. The van der Waals surface area contributed by atoms with Gasteiger partial charge in [0, 0.05) is 25.8 Å². The molecule has 3 heterocycles. The molecule has 1 unspecified atom stereocenters. The summed E-state index contributed by atoms with van der Waals surface area (Å²) in [6, 6.07) is 3.98. The van der Waals surface area contributed by atoms with Crippen molar-refractivity contribution in [3.8, 4) is 6.07 Å². The summed E-state index contributed by atoms with van der Waals surface area (Å²) >= 11 is 0. The number of hydrogen-bond donors (Lipinski definition) is 1. The maximum Gasteiger partial charge on any atom is 0.237 e. The van der Waals surface area contributed by atoms with Gasteiger partial charge in [-0.1, -0.05) is 6.92 Å². The van der Waals surface area contributed by atoms with E-state index in [2.05, 4.69) is 33.7 Å². The molecular formula is C18H24N6O. The second-order valence-corrected chi connectivity index (χ2v) is 6.84. The van der Waals surface area contributed by atoms with Crippen molar-refractivity contribution in [2.75, 3.05) is 24.5 Å². The maximum absolute atomic E-state index is 12.5. The third-order valence-electron chi connectivity index (χ3n) is 4.94. The zero-order valence-electron chi connectivity index (χ0n) is 14.8. The quantitative estimate of drug-likeness (QED) is 0.903. The number of hydrogen-bond acceptors (Lipinski definition) is 5. The lowest BCUT2D eigenvalue weighted by molar-refractivity contribution is -0.136. The van der Waals surface area contributed by atoms with Gasteiger partial charge in [-0.25, -0.2) is 9.97 Å². The molecule has 0 saturated carbocycles. The minimum Gasteiger partial charge on any atom is -0.354 e. The monoisotopic (exact) mass is 340 g/mol. The first-order valence-corrected chi connectivity index (χ1v) is 8.79. The van der Waals surface area contributed by atoms with E-state index >= 15 is 0 Å². The number of carbonyl (C=O) groups is 1. The van der Waals surface area contributed by atoms with Crippen LogP contribution in [0.4, 0.5) is 5.82 Å². The highest BCUT2D eigenvalue weighted by molar-refractivity contribution is 5.87. The molecule has 1 amide bonds. The van der Waals surface area contributed by atoms with Gasteiger partial charge < -0.3 is 14.8 Å². The highest BCUT2D eigenvalue weighted by Crippen LogP contribution is 2.32. The van der Waals surface area contributed by atoms with Crippen LogP contribution in [0.1, 0.15) is 39.5 Å². The lowest BCUT2D eigenvalue weighted by atomic mass is 9.88. The molecule has 7 nitrogen and oxygen atoms in total. The van der Waals surface area contributed by atoms with Crippen molar-refractivity contribution >= 4 is 22.8 Å². The molecule has 2 aromatic heterocycles. The van der Waals surface area contributed by atoms with E-state index in [1.54, 1.807) is 6.33 Å². The summed E-state index contributed by atoms with van der Waals surface area (Å²) in [5, 5.41) is 9.93. The van der Waals surface area contributed by atoms with Crippen molar-refractivity contribution in [2.45, 2.75) is 45.1 Å². The van der Waals surface area contributed by atoms with Crippen molar-refractivity contribution in [3.05, 3.63) is 18.6 Å². The van der Waals surface area contributed by atoms with Crippen molar-refractivity contribution in [3.63, 3.8) is 0 Å². The number of aromatic nitrogens is 3. The Bertz CT molecular complexity index is 794. The van der Waals surface area contributed by atoms with Gasteiger partial charge in [-0.05, 0) is 32.3 Å². The van der Waals surface area contributed by atoms with Crippen LogP contribution >= 0.6 is 0 Å². The number of carbonyl (C=O) groups excluding carboxylic acids is 1. The number of rotatable bonds is 5. The fraction of sp³-hybridized carbons (Fsp3) is 0.556. The standard InChI is InChI=1S/C18H24N6O/c1-3-10-24(15(25)5-8-19)18(2)7-4-11-23(12-18)17-14-6-9-20-16(14)21-13-22-17/h6,9,13H,3-5,7,10-12H2,1-2H3,(H,20,21,22). The van der Waals surface area contributed by atoms with E-state index in [1.165, 1.54) is 0 Å². The summed E-state index contributed by atoms with van der Waals surface area (Å²) in [6.45, 7) is 6.47. The van der Waals surface area contributed by atoms with E-state index in [-0.39, 0.29) is 17.9 Å². The Labute approximate surface area is 147 Å². The third kappa shape index (κ3) is 3.29. The molecule has 0 aromatic carbocycles. The Morgan fingerprint density at radius 3 is 3.12 bits per heavy atom. The SMILES string of the molecule is CCCN(C(=O)CC#N)C1(C)CCCN(c2ncnc3[nH]ccc23)C1. The minimum absolute atomic E-state index is 0.0643. The van der Waals surface area contributed by atoms with Crippen molar-refractivity contribution in [1.29, 1.82) is 5.26 Å². The van der Waals surface area contributed by atoms with Gasteiger partial charge in [0.05, 0.1) is 17.0 Å². The smallest absolute Gasteiger partial charge is 0.237 e. The van der Waals surface area contributed by atoms with E-state index in [0.717, 1.165) is 42.7 Å². The largest absolute Gasteiger partial charge is 0.354 e. The van der Waals surface area contributed by atoms with Gasteiger partial charge in [-0.2, -0.15) is 5.26 Å². The van der Waals surface area contributed by atoms with Crippen LogP contribution in [-0.4, -0.2) is 50.9 Å². The number of amides is 1. The summed E-state index contributed by atoms with van der Waals surface area (Å²) in [4.78, 5) is 28.5. The van der Waals surface area contributed by atoms with E-state index in [0.29, 0.717) is 13.1 Å². The summed E-state index contributed by atoms with van der Waals surface area (Å²) in [7, 11) is 0. The number of nitrogens with zero attached hydrogens (tertiary/aromatic N) is 5. The van der Waals surface area contributed by atoms with Crippen LogP contribution in [0.5, 0.6) is 0 Å². The van der Waals surface area contributed by atoms with Gasteiger partial charge >= 0.3 is 0 Å². The van der Waals surface area contributed by atoms with E-state index < -0.39 is 0 Å². The minimum atomic E-state index is -0.296. The molecular weight excluding hydrogens is 316 g/mol. The van der Waals surface area contributed by atoms with Crippen LogP contribution in [0.15, 0.2) is 18.6 Å². The Morgan fingerprint density at radius 2 is 2.36 bits per heavy atom. The lowest BCUT2D eigenvalue weighted by Gasteiger charge is -2.48.